The van der Waals surface area contributed by atoms with Crippen LogP contribution in [-0.2, 0) is 22.1 Å². The van der Waals surface area contributed by atoms with Crippen molar-refractivity contribution in [3.05, 3.63) is 52.3 Å². The highest BCUT2D eigenvalue weighted by Crippen LogP contribution is 2.45. The van der Waals surface area contributed by atoms with Crippen LogP contribution in [0.3, 0.4) is 0 Å². The maximum atomic E-state index is 13.5. The van der Waals surface area contributed by atoms with E-state index in [1.807, 2.05) is 20.8 Å². The minimum absolute atomic E-state index is 0.0238. The maximum absolute atomic E-state index is 13.5. The van der Waals surface area contributed by atoms with Crippen LogP contribution in [0.5, 0.6) is 0 Å². The number of nitrogens with zero attached hydrogens (tertiary/aromatic N) is 1. The van der Waals surface area contributed by atoms with Crippen molar-refractivity contribution in [2.45, 2.75) is 38.1 Å². The number of halogens is 3. The first-order valence-electron chi connectivity index (χ1n) is 8.84. The number of rotatable bonds is 4. The molecule has 0 saturated heterocycles. The molecule has 2 N–H and O–H groups in total. The first kappa shape index (κ1) is 21.0. The molecule has 2 aromatic rings. The summed E-state index contributed by atoms with van der Waals surface area (Å²) >= 11 is 5.60. The van der Waals surface area contributed by atoms with Gasteiger partial charge in [-0.3, -0.25) is 14.4 Å². The largest absolute Gasteiger partial charge is 0.350 e. The molecule has 1 aliphatic rings. The summed E-state index contributed by atoms with van der Waals surface area (Å²) in [5.74, 6) is -3.67. The fourth-order valence-electron chi connectivity index (χ4n) is 3.09. The van der Waals surface area contributed by atoms with E-state index in [4.69, 9.17) is 11.6 Å². The number of carbonyl (C=O) groups excluding carboxylic acids is 3. The van der Waals surface area contributed by atoms with Gasteiger partial charge in [0.15, 0.2) is 17.4 Å². The number of ketones is 1. The van der Waals surface area contributed by atoms with Crippen molar-refractivity contribution in [2.24, 2.45) is 7.05 Å². The Morgan fingerprint density at radius 2 is 1.83 bits per heavy atom. The van der Waals surface area contributed by atoms with E-state index in [2.05, 4.69) is 10.6 Å². The third kappa shape index (κ3) is 3.89. The molecule has 1 atom stereocenters. The SMILES string of the molecule is Cn1cc(C2(C(=O)NC(C)(C)C)CC2=O)cc1C(=O)Nc1cc(F)c(F)c(Cl)c1. The molecule has 0 spiro atoms. The molecule has 1 aliphatic carbocycles. The Morgan fingerprint density at radius 1 is 1.21 bits per heavy atom. The molecule has 2 amide bonds. The van der Waals surface area contributed by atoms with Gasteiger partial charge >= 0.3 is 0 Å². The van der Waals surface area contributed by atoms with Crippen LogP contribution in [0.1, 0.15) is 43.2 Å². The highest BCUT2D eigenvalue weighted by atomic mass is 35.5. The van der Waals surface area contributed by atoms with Crippen LogP contribution >= 0.6 is 11.6 Å². The highest BCUT2D eigenvalue weighted by Gasteiger charge is 2.62. The lowest BCUT2D eigenvalue weighted by Crippen LogP contribution is -2.46. The van der Waals surface area contributed by atoms with Crippen molar-refractivity contribution < 1.29 is 23.2 Å². The van der Waals surface area contributed by atoms with Crippen LogP contribution in [0.4, 0.5) is 14.5 Å². The van der Waals surface area contributed by atoms with Gasteiger partial charge in [-0.1, -0.05) is 11.6 Å². The highest BCUT2D eigenvalue weighted by molar-refractivity contribution is 6.31. The molecule has 0 bridgehead atoms. The number of aromatic nitrogens is 1. The minimum atomic E-state index is -1.31. The predicted octanol–water partition coefficient (Wildman–Crippen LogP) is 3.33. The van der Waals surface area contributed by atoms with Crippen molar-refractivity contribution in [1.29, 1.82) is 0 Å². The molecule has 29 heavy (non-hydrogen) atoms. The van der Waals surface area contributed by atoms with E-state index in [0.717, 1.165) is 12.1 Å². The van der Waals surface area contributed by atoms with Crippen molar-refractivity contribution in [1.82, 2.24) is 9.88 Å². The Labute approximate surface area is 171 Å². The Bertz CT molecular complexity index is 1020. The first-order chi connectivity index (χ1) is 13.3. The van der Waals surface area contributed by atoms with Gasteiger partial charge in [-0.2, -0.15) is 0 Å². The van der Waals surface area contributed by atoms with E-state index in [-0.39, 0.29) is 23.6 Å². The quantitative estimate of drug-likeness (QED) is 0.584. The summed E-state index contributed by atoms with van der Waals surface area (Å²) in [6.45, 7) is 5.42. The summed E-state index contributed by atoms with van der Waals surface area (Å²) in [4.78, 5) is 37.5. The molecule has 1 aromatic heterocycles. The fraction of sp³-hybridized carbons (Fsp3) is 0.350. The first-order valence-corrected chi connectivity index (χ1v) is 9.21. The molecule has 1 aromatic carbocycles. The van der Waals surface area contributed by atoms with Crippen LogP contribution < -0.4 is 10.6 Å². The topological polar surface area (TPSA) is 80.2 Å². The van der Waals surface area contributed by atoms with Gasteiger partial charge in [-0.25, -0.2) is 8.78 Å². The Morgan fingerprint density at radius 3 is 2.34 bits per heavy atom. The number of Topliss-reactive ketones (excluding diaryl/α,β-unsaturated/α-hetero) is 1. The van der Waals surface area contributed by atoms with Gasteiger partial charge in [0, 0.05) is 37.0 Å². The summed E-state index contributed by atoms with van der Waals surface area (Å²) in [7, 11) is 1.58. The molecule has 1 heterocycles. The summed E-state index contributed by atoms with van der Waals surface area (Å²) in [5.41, 5.74) is -1.31. The summed E-state index contributed by atoms with van der Waals surface area (Å²) in [6.07, 6.45) is 1.60. The van der Waals surface area contributed by atoms with E-state index in [9.17, 15) is 23.2 Å². The molecular formula is C20H20ClF2N3O3. The number of benzene rings is 1. The van der Waals surface area contributed by atoms with E-state index in [0.29, 0.717) is 5.56 Å². The number of anilines is 1. The maximum Gasteiger partial charge on any atom is 0.272 e. The molecule has 3 rings (SSSR count). The number of amides is 2. The lowest BCUT2D eigenvalue weighted by molar-refractivity contribution is -0.127. The van der Waals surface area contributed by atoms with E-state index in [1.165, 1.54) is 10.6 Å². The second-order valence-electron chi connectivity index (χ2n) is 8.14. The predicted molar refractivity (Wildman–Crippen MR) is 104 cm³/mol. The Hall–Kier alpha value is -2.74. The van der Waals surface area contributed by atoms with Gasteiger partial charge in [0.25, 0.3) is 5.91 Å². The zero-order valence-corrected chi connectivity index (χ0v) is 17.1. The molecular weight excluding hydrogens is 404 g/mol. The Balaban J connectivity index is 1.87. The lowest BCUT2D eigenvalue weighted by Gasteiger charge is -2.23. The third-order valence-electron chi connectivity index (χ3n) is 4.62. The summed E-state index contributed by atoms with van der Waals surface area (Å²) < 4.78 is 28.3. The van der Waals surface area contributed by atoms with Gasteiger partial charge < -0.3 is 15.2 Å². The number of carbonyl (C=O) groups is 3. The molecule has 154 valence electrons. The van der Waals surface area contributed by atoms with Gasteiger partial charge in [0.2, 0.25) is 5.91 Å². The molecule has 6 nitrogen and oxygen atoms in total. The second-order valence-corrected chi connectivity index (χ2v) is 8.55. The van der Waals surface area contributed by atoms with Crippen molar-refractivity contribution in [3.63, 3.8) is 0 Å². The molecule has 1 saturated carbocycles. The van der Waals surface area contributed by atoms with Crippen LogP contribution in [0, 0.1) is 11.6 Å². The fourth-order valence-corrected chi connectivity index (χ4v) is 3.30. The van der Waals surface area contributed by atoms with E-state index in [1.54, 1.807) is 13.2 Å². The van der Waals surface area contributed by atoms with Crippen LogP contribution in [0.25, 0.3) is 0 Å². The molecule has 0 radical (unpaired) electrons. The second kappa shape index (κ2) is 6.95. The standard InChI is InChI=1S/C20H20ClF2N3O3/c1-19(2,3)25-18(29)20(8-15(20)27)10-5-14(26(4)9-10)17(28)24-11-6-12(21)16(23)13(22)7-11/h5-7,9H,8H2,1-4H3,(H,24,28)(H,25,29). The van der Waals surface area contributed by atoms with Gasteiger partial charge in [-0.05, 0) is 38.5 Å². The molecule has 1 unspecified atom stereocenters. The monoisotopic (exact) mass is 423 g/mol. The van der Waals surface area contributed by atoms with Gasteiger partial charge in [0.05, 0.1) is 5.02 Å². The summed E-state index contributed by atoms with van der Waals surface area (Å²) in [5, 5.41) is 4.78. The molecule has 9 heteroatoms. The average molecular weight is 424 g/mol. The van der Waals surface area contributed by atoms with Crippen LogP contribution in [0.2, 0.25) is 5.02 Å². The Kier molecular flexibility index (Phi) is 5.03. The molecule has 0 aliphatic heterocycles. The summed E-state index contributed by atoms with van der Waals surface area (Å²) in [6, 6.07) is 3.35. The third-order valence-corrected chi connectivity index (χ3v) is 4.90. The van der Waals surface area contributed by atoms with Gasteiger partial charge in [-0.15, -0.1) is 0 Å². The van der Waals surface area contributed by atoms with E-state index >= 15 is 0 Å². The van der Waals surface area contributed by atoms with Crippen molar-refractivity contribution in [3.8, 4) is 0 Å². The van der Waals surface area contributed by atoms with Crippen LogP contribution in [0.15, 0.2) is 24.4 Å². The zero-order valence-electron chi connectivity index (χ0n) is 16.3. The number of nitrogens with one attached hydrogen (secondary N) is 2. The van der Waals surface area contributed by atoms with Gasteiger partial charge in [0.1, 0.15) is 11.1 Å². The lowest BCUT2D eigenvalue weighted by atomic mass is 9.95. The normalized spacial score (nSPS) is 18.5. The van der Waals surface area contributed by atoms with Crippen molar-refractivity contribution in [2.75, 3.05) is 5.32 Å². The molecule has 1 fully saturated rings. The zero-order chi connectivity index (χ0) is 21.7. The van der Waals surface area contributed by atoms with Crippen molar-refractivity contribution >= 4 is 34.9 Å². The van der Waals surface area contributed by atoms with Crippen LogP contribution in [-0.4, -0.2) is 27.7 Å². The minimum Gasteiger partial charge on any atom is -0.350 e. The average Bonchev–Trinajstić information content (AvgIpc) is 3.11. The van der Waals surface area contributed by atoms with E-state index < -0.39 is 39.4 Å². The number of hydrogen-bond acceptors (Lipinski definition) is 3. The number of hydrogen-bond donors (Lipinski definition) is 2. The smallest absolute Gasteiger partial charge is 0.272 e. The number of aryl methyl sites for hydroxylation is 1.